The highest BCUT2D eigenvalue weighted by Crippen LogP contribution is 2.48. The van der Waals surface area contributed by atoms with Gasteiger partial charge in [-0.3, -0.25) is 9.78 Å². The Morgan fingerprint density at radius 3 is 2.56 bits per heavy atom. The number of pyridine rings is 1. The van der Waals surface area contributed by atoms with E-state index in [0.29, 0.717) is 0 Å². The molecule has 1 aromatic heterocycles. The largest absolute Gasteiger partial charge is 0.411 e. The lowest BCUT2D eigenvalue weighted by molar-refractivity contribution is -0.163. The van der Waals surface area contributed by atoms with Crippen molar-refractivity contribution in [3.05, 3.63) is 30.1 Å². The number of hydrogen-bond donors (Lipinski definition) is 1. The Labute approximate surface area is 89.7 Å². The van der Waals surface area contributed by atoms with E-state index in [1.54, 1.807) is 0 Å². The van der Waals surface area contributed by atoms with Gasteiger partial charge in [0.25, 0.3) is 5.91 Å². The van der Waals surface area contributed by atoms with Crippen molar-refractivity contribution in [2.24, 2.45) is 0 Å². The molecule has 16 heavy (non-hydrogen) atoms. The van der Waals surface area contributed by atoms with Crippen molar-refractivity contribution in [3.63, 3.8) is 0 Å². The van der Waals surface area contributed by atoms with Crippen LogP contribution in [0.3, 0.4) is 0 Å². The van der Waals surface area contributed by atoms with Gasteiger partial charge in [-0.2, -0.15) is 13.2 Å². The molecule has 0 aromatic carbocycles. The molecule has 1 N–H and O–H groups in total. The molecule has 6 heteroatoms. The van der Waals surface area contributed by atoms with E-state index in [9.17, 15) is 18.0 Å². The van der Waals surface area contributed by atoms with Crippen molar-refractivity contribution in [2.45, 2.75) is 24.6 Å². The molecule has 1 fully saturated rings. The highest BCUT2D eigenvalue weighted by Gasteiger charge is 2.64. The summed E-state index contributed by atoms with van der Waals surface area (Å²) in [6, 6.07) is 2.93. The lowest BCUT2D eigenvalue weighted by Crippen LogP contribution is -2.47. The van der Waals surface area contributed by atoms with Gasteiger partial charge in [0.1, 0.15) is 5.54 Å². The maximum Gasteiger partial charge on any atom is 0.411 e. The van der Waals surface area contributed by atoms with Gasteiger partial charge in [-0.15, -0.1) is 0 Å². The maximum atomic E-state index is 12.5. The molecule has 0 atom stereocenters. The molecule has 0 radical (unpaired) electrons. The van der Waals surface area contributed by atoms with Crippen LogP contribution in [-0.2, 0) is 0 Å². The summed E-state index contributed by atoms with van der Waals surface area (Å²) in [5.74, 6) is -0.733. The number of aromatic nitrogens is 1. The van der Waals surface area contributed by atoms with Gasteiger partial charge < -0.3 is 5.32 Å². The van der Waals surface area contributed by atoms with Gasteiger partial charge in [-0.1, -0.05) is 0 Å². The van der Waals surface area contributed by atoms with Crippen LogP contribution in [0.5, 0.6) is 0 Å². The number of carbonyl (C=O) groups is 1. The van der Waals surface area contributed by atoms with E-state index < -0.39 is 17.6 Å². The van der Waals surface area contributed by atoms with Gasteiger partial charge in [0.15, 0.2) is 0 Å². The minimum absolute atomic E-state index is 0.0531. The Kier molecular flexibility index (Phi) is 2.36. The molecule has 1 amide bonds. The first-order valence-corrected chi connectivity index (χ1v) is 4.74. The molecule has 2 rings (SSSR count). The molecule has 1 aliphatic rings. The van der Waals surface area contributed by atoms with Crippen LogP contribution in [0.2, 0.25) is 0 Å². The number of carbonyl (C=O) groups excluding carboxylic acids is 1. The molecule has 0 saturated heterocycles. The number of halogens is 3. The number of nitrogens with one attached hydrogen (secondary N) is 1. The Morgan fingerprint density at radius 2 is 2.12 bits per heavy atom. The number of alkyl halides is 3. The second kappa shape index (κ2) is 3.47. The summed E-state index contributed by atoms with van der Waals surface area (Å²) >= 11 is 0. The number of hydrogen-bond acceptors (Lipinski definition) is 2. The third-order valence-corrected chi connectivity index (χ3v) is 2.57. The smallest absolute Gasteiger partial charge is 0.338 e. The summed E-state index contributed by atoms with van der Waals surface area (Å²) in [5.41, 5.74) is -1.88. The number of amides is 1. The first-order valence-electron chi connectivity index (χ1n) is 4.74. The Morgan fingerprint density at radius 1 is 1.44 bits per heavy atom. The standard InChI is InChI=1S/C10H9F3N2O/c11-10(12,13)9(3-4-9)15-8(16)7-2-1-5-14-6-7/h1-2,5-6H,3-4H2,(H,15,16). The Balaban J connectivity index is 2.10. The SMILES string of the molecule is O=C(NC1(C(F)(F)F)CC1)c1cccnc1. The van der Waals surface area contributed by atoms with Crippen LogP contribution >= 0.6 is 0 Å². The molecule has 86 valence electrons. The fourth-order valence-electron chi connectivity index (χ4n) is 1.39. The summed E-state index contributed by atoms with van der Waals surface area (Å²) in [4.78, 5) is 15.2. The molecule has 0 unspecified atom stereocenters. The maximum absolute atomic E-state index is 12.5. The second-order valence-electron chi connectivity index (χ2n) is 3.78. The molecule has 1 aromatic rings. The van der Waals surface area contributed by atoms with Crippen molar-refractivity contribution in [1.82, 2.24) is 10.3 Å². The van der Waals surface area contributed by atoms with E-state index in [4.69, 9.17) is 0 Å². The highest BCUT2D eigenvalue weighted by atomic mass is 19.4. The fraction of sp³-hybridized carbons (Fsp3) is 0.400. The van der Waals surface area contributed by atoms with Crippen LogP contribution in [0, 0.1) is 0 Å². The average molecular weight is 230 g/mol. The van der Waals surface area contributed by atoms with Crippen LogP contribution in [0.1, 0.15) is 23.2 Å². The van der Waals surface area contributed by atoms with Crippen LogP contribution in [0.4, 0.5) is 13.2 Å². The van der Waals surface area contributed by atoms with Gasteiger partial charge in [0.05, 0.1) is 5.56 Å². The summed E-state index contributed by atoms with van der Waals surface area (Å²) < 4.78 is 37.6. The third-order valence-electron chi connectivity index (χ3n) is 2.57. The average Bonchev–Trinajstić information content (AvgIpc) is 2.99. The predicted octanol–water partition coefficient (Wildman–Crippen LogP) is 1.91. The van der Waals surface area contributed by atoms with E-state index in [-0.39, 0.29) is 18.4 Å². The van der Waals surface area contributed by atoms with Crippen molar-refractivity contribution < 1.29 is 18.0 Å². The quantitative estimate of drug-likeness (QED) is 0.843. The van der Waals surface area contributed by atoms with Crippen molar-refractivity contribution in [2.75, 3.05) is 0 Å². The summed E-state index contributed by atoms with van der Waals surface area (Å²) in [6.45, 7) is 0. The third kappa shape index (κ3) is 1.87. The second-order valence-corrected chi connectivity index (χ2v) is 3.78. The monoisotopic (exact) mass is 230 g/mol. The fourth-order valence-corrected chi connectivity index (χ4v) is 1.39. The molecule has 1 saturated carbocycles. The molecule has 1 heterocycles. The number of nitrogens with zero attached hydrogens (tertiary/aromatic N) is 1. The minimum atomic E-state index is -4.38. The van der Waals surface area contributed by atoms with Gasteiger partial charge in [0, 0.05) is 12.4 Å². The summed E-state index contributed by atoms with van der Waals surface area (Å²) in [5, 5.41) is 2.02. The molecular weight excluding hydrogens is 221 g/mol. The minimum Gasteiger partial charge on any atom is -0.338 e. The molecule has 3 nitrogen and oxygen atoms in total. The zero-order valence-corrected chi connectivity index (χ0v) is 8.21. The lowest BCUT2D eigenvalue weighted by atomic mass is 10.2. The first-order chi connectivity index (χ1) is 7.45. The summed E-state index contributed by atoms with van der Waals surface area (Å²) in [7, 11) is 0. The van der Waals surface area contributed by atoms with Crippen molar-refractivity contribution >= 4 is 5.91 Å². The molecular formula is C10H9F3N2O. The molecule has 1 aliphatic carbocycles. The van der Waals surface area contributed by atoms with E-state index in [0.717, 1.165) is 0 Å². The molecule has 0 bridgehead atoms. The van der Waals surface area contributed by atoms with Crippen molar-refractivity contribution in [3.8, 4) is 0 Å². The zero-order chi connectivity index (χ0) is 11.8. The van der Waals surface area contributed by atoms with Gasteiger partial charge in [-0.05, 0) is 25.0 Å². The lowest BCUT2D eigenvalue weighted by Gasteiger charge is -2.20. The van der Waals surface area contributed by atoms with Crippen LogP contribution in [-0.4, -0.2) is 22.6 Å². The Bertz CT molecular complexity index is 398. The zero-order valence-electron chi connectivity index (χ0n) is 8.21. The summed E-state index contributed by atoms with van der Waals surface area (Å²) in [6.07, 6.45) is -1.80. The van der Waals surface area contributed by atoms with Crippen LogP contribution in [0.25, 0.3) is 0 Å². The molecule has 0 aliphatic heterocycles. The predicted molar refractivity (Wildman–Crippen MR) is 49.7 cm³/mol. The normalized spacial score (nSPS) is 17.9. The van der Waals surface area contributed by atoms with Crippen molar-refractivity contribution in [1.29, 1.82) is 0 Å². The van der Waals surface area contributed by atoms with Gasteiger partial charge in [-0.25, -0.2) is 0 Å². The van der Waals surface area contributed by atoms with Crippen LogP contribution < -0.4 is 5.32 Å². The van der Waals surface area contributed by atoms with E-state index in [2.05, 4.69) is 4.98 Å². The van der Waals surface area contributed by atoms with E-state index in [1.165, 1.54) is 24.5 Å². The highest BCUT2D eigenvalue weighted by molar-refractivity contribution is 5.94. The van der Waals surface area contributed by atoms with E-state index in [1.807, 2.05) is 5.32 Å². The molecule has 0 spiro atoms. The number of rotatable bonds is 2. The van der Waals surface area contributed by atoms with Gasteiger partial charge in [0.2, 0.25) is 0 Å². The topological polar surface area (TPSA) is 42.0 Å². The van der Waals surface area contributed by atoms with E-state index >= 15 is 0 Å². The Hall–Kier alpha value is -1.59. The van der Waals surface area contributed by atoms with Crippen LogP contribution in [0.15, 0.2) is 24.5 Å². The van der Waals surface area contributed by atoms with Gasteiger partial charge >= 0.3 is 6.18 Å². The first kappa shape index (κ1) is 10.9.